The summed E-state index contributed by atoms with van der Waals surface area (Å²) in [5.74, 6) is 0.542. The second kappa shape index (κ2) is 5.89. The second-order valence-corrected chi connectivity index (χ2v) is 4.95. The van der Waals surface area contributed by atoms with Gasteiger partial charge in [0.1, 0.15) is 10.6 Å². The van der Waals surface area contributed by atoms with Gasteiger partial charge in [0.2, 0.25) is 0 Å². The van der Waals surface area contributed by atoms with Gasteiger partial charge in [0, 0.05) is 5.56 Å². The van der Waals surface area contributed by atoms with Gasteiger partial charge in [-0.05, 0) is 42.5 Å². The molecule has 0 aliphatic heterocycles. The third kappa shape index (κ3) is 2.79. The van der Waals surface area contributed by atoms with Crippen molar-refractivity contribution in [2.45, 2.75) is 13.8 Å². The quantitative estimate of drug-likeness (QED) is 0.794. The van der Waals surface area contributed by atoms with Crippen LogP contribution in [0.25, 0.3) is 11.1 Å². The van der Waals surface area contributed by atoms with Gasteiger partial charge in [0.15, 0.2) is 0 Å². The number of carbonyl (C=O) groups is 1. The standard InChI is InChI=1S/C15H16O3S/c1-4-18-12-7-5-11(6-8-12)13-10(2)9-19-14(13)15(16)17-3/h5-9H,4H2,1-3H3. The van der Waals surface area contributed by atoms with Crippen LogP contribution in [0.5, 0.6) is 5.75 Å². The number of benzene rings is 1. The second-order valence-electron chi connectivity index (χ2n) is 4.07. The van der Waals surface area contributed by atoms with Gasteiger partial charge in [-0.1, -0.05) is 12.1 Å². The number of esters is 1. The number of thiophene rings is 1. The average molecular weight is 276 g/mol. The van der Waals surface area contributed by atoms with Crippen LogP contribution >= 0.6 is 11.3 Å². The summed E-state index contributed by atoms with van der Waals surface area (Å²) in [6.45, 7) is 4.59. The minimum atomic E-state index is -0.290. The van der Waals surface area contributed by atoms with Crippen molar-refractivity contribution in [3.05, 3.63) is 40.1 Å². The van der Waals surface area contributed by atoms with Crippen LogP contribution in [0.4, 0.5) is 0 Å². The molecule has 2 aromatic rings. The molecule has 4 heteroatoms. The van der Waals surface area contributed by atoms with Gasteiger partial charge in [-0.25, -0.2) is 4.79 Å². The van der Waals surface area contributed by atoms with E-state index in [0.29, 0.717) is 11.5 Å². The Morgan fingerprint density at radius 3 is 2.53 bits per heavy atom. The van der Waals surface area contributed by atoms with Crippen molar-refractivity contribution in [1.29, 1.82) is 0 Å². The number of carbonyl (C=O) groups excluding carboxylic acids is 1. The van der Waals surface area contributed by atoms with Gasteiger partial charge < -0.3 is 9.47 Å². The largest absolute Gasteiger partial charge is 0.494 e. The zero-order chi connectivity index (χ0) is 13.8. The van der Waals surface area contributed by atoms with E-state index in [4.69, 9.17) is 9.47 Å². The van der Waals surface area contributed by atoms with Gasteiger partial charge in [-0.2, -0.15) is 0 Å². The lowest BCUT2D eigenvalue weighted by Crippen LogP contribution is -2.00. The summed E-state index contributed by atoms with van der Waals surface area (Å²) in [5.41, 5.74) is 3.03. The Balaban J connectivity index is 2.40. The fourth-order valence-electron chi connectivity index (χ4n) is 1.93. The Morgan fingerprint density at radius 2 is 1.95 bits per heavy atom. The highest BCUT2D eigenvalue weighted by Crippen LogP contribution is 2.33. The fourth-order valence-corrected chi connectivity index (χ4v) is 2.92. The lowest BCUT2D eigenvalue weighted by molar-refractivity contribution is 0.0607. The highest BCUT2D eigenvalue weighted by Gasteiger charge is 2.17. The normalized spacial score (nSPS) is 10.3. The van der Waals surface area contributed by atoms with Gasteiger partial charge in [-0.3, -0.25) is 0 Å². The van der Waals surface area contributed by atoms with Crippen LogP contribution in [0.1, 0.15) is 22.2 Å². The number of ether oxygens (including phenoxy) is 2. The first-order valence-corrected chi connectivity index (χ1v) is 6.95. The van der Waals surface area contributed by atoms with Gasteiger partial charge in [-0.15, -0.1) is 11.3 Å². The topological polar surface area (TPSA) is 35.5 Å². The number of methoxy groups -OCH3 is 1. The fraction of sp³-hybridized carbons (Fsp3) is 0.267. The molecule has 0 N–H and O–H groups in total. The Morgan fingerprint density at radius 1 is 1.26 bits per heavy atom. The summed E-state index contributed by atoms with van der Waals surface area (Å²) in [7, 11) is 1.40. The monoisotopic (exact) mass is 276 g/mol. The molecule has 19 heavy (non-hydrogen) atoms. The summed E-state index contributed by atoms with van der Waals surface area (Å²) in [6, 6.07) is 7.76. The third-order valence-electron chi connectivity index (χ3n) is 2.80. The van der Waals surface area contributed by atoms with E-state index in [1.54, 1.807) is 0 Å². The van der Waals surface area contributed by atoms with Crippen molar-refractivity contribution >= 4 is 17.3 Å². The number of aryl methyl sites for hydroxylation is 1. The Hall–Kier alpha value is -1.81. The molecule has 0 amide bonds. The molecule has 1 aromatic carbocycles. The third-order valence-corrected chi connectivity index (χ3v) is 3.88. The Labute approximate surface area is 116 Å². The molecule has 0 aliphatic rings. The number of hydrogen-bond donors (Lipinski definition) is 0. The van der Waals surface area contributed by atoms with Crippen molar-refractivity contribution in [3.8, 4) is 16.9 Å². The lowest BCUT2D eigenvalue weighted by Gasteiger charge is -2.07. The van der Waals surface area contributed by atoms with E-state index < -0.39 is 0 Å². The van der Waals surface area contributed by atoms with E-state index in [-0.39, 0.29) is 5.97 Å². The molecule has 3 nitrogen and oxygen atoms in total. The van der Waals surface area contributed by atoms with Crippen LogP contribution in [0.2, 0.25) is 0 Å². The lowest BCUT2D eigenvalue weighted by atomic mass is 10.0. The van der Waals surface area contributed by atoms with Crippen molar-refractivity contribution in [2.24, 2.45) is 0 Å². The van der Waals surface area contributed by atoms with Crippen molar-refractivity contribution in [3.63, 3.8) is 0 Å². The molecule has 0 fully saturated rings. The minimum absolute atomic E-state index is 0.290. The highest BCUT2D eigenvalue weighted by atomic mass is 32.1. The first kappa shape index (κ1) is 13.6. The summed E-state index contributed by atoms with van der Waals surface area (Å²) in [6.07, 6.45) is 0. The van der Waals surface area contributed by atoms with E-state index in [0.717, 1.165) is 22.4 Å². The van der Waals surface area contributed by atoms with E-state index in [2.05, 4.69) is 0 Å². The summed E-state index contributed by atoms with van der Waals surface area (Å²) in [4.78, 5) is 12.4. The van der Waals surface area contributed by atoms with E-state index in [1.807, 2.05) is 43.5 Å². The molecule has 0 unspecified atom stereocenters. The van der Waals surface area contributed by atoms with Crippen molar-refractivity contribution < 1.29 is 14.3 Å². The maximum atomic E-state index is 11.8. The maximum Gasteiger partial charge on any atom is 0.348 e. The molecule has 0 saturated carbocycles. The molecule has 1 heterocycles. The molecule has 2 rings (SSSR count). The van der Waals surface area contributed by atoms with Crippen LogP contribution in [0, 0.1) is 6.92 Å². The predicted molar refractivity (Wildman–Crippen MR) is 77.0 cm³/mol. The first-order valence-electron chi connectivity index (χ1n) is 6.07. The van der Waals surface area contributed by atoms with E-state index in [1.165, 1.54) is 18.4 Å². The van der Waals surface area contributed by atoms with Crippen molar-refractivity contribution in [1.82, 2.24) is 0 Å². The van der Waals surface area contributed by atoms with E-state index >= 15 is 0 Å². The highest BCUT2D eigenvalue weighted by molar-refractivity contribution is 7.12. The molecular weight excluding hydrogens is 260 g/mol. The SMILES string of the molecule is CCOc1ccc(-c2c(C)csc2C(=O)OC)cc1. The zero-order valence-corrected chi connectivity index (χ0v) is 12.0. The number of rotatable bonds is 4. The van der Waals surface area contributed by atoms with Crippen LogP contribution in [-0.2, 0) is 4.74 Å². The molecule has 0 aliphatic carbocycles. The Bertz CT molecular complexity index is 570. The summed E-state index contributed by atoms with van der Waals surface area (Å²) >= 11 is 1.41. The summed E-state index contributed by atoms with van der Waals surface area (Å²) < 4.78 is 10.2. The van der Waals surface area contributed by atoms with Crippen molar-refractivity contribution in [2.75, 3.05) is 13.7 Å². The minimum Gasteiger partial charge on any atom is -0.494 e. The van der Waals surface area contributed by atoms with Crippen LogP contribution in [0.3, 0.4) is 0 Å². The van der Waals surface area contributed by atoms with Crippen LogP contribution in [-0.4, -0.2) is 19.7 Å². The van der Waals surface area contributed by atoms with Crippen LogP contribution < -0.4 is 4.74 Å². The first-order chi connectivity index (χ1) is 9.17. The summed E-state index contributed by atoms with van der Waals surface area (Å²) in [5, 5.41) is 1.97. The van der Waals surface area contributed by atoms with Crippen LogP contribution in [0.15, 0.2) is 29.6 Å². The smallest absolute Gasteiger partial charge is 0.348 e. The average Bonchev–Trinajstić information content (AvgIpc) is 2.81. The molecule has 0 spiro atoms. The zero-order valence-electron chi connectivity index (χ0n) is 11.2. The van der Waals surface area contributed by atoms with Gasteiger partial charge in [0.25, 0.3) is 0 Å². The maximum absolute atomic E-state index is 11.8. The molecular formula is C15H16O3S. The van der Waals surface area contributed by atoms with Gasteiger partial charge >= 0.3 is 5.97 Å². The Kier molecular flexibility index (Phi) is 4.22. The predicted octanol–water partition coefficient (Wildman–Crippen LogP) is 3.91. The molecule has 0 bridgehead atoms. The molecule has 0 saturated heterocycles. The molecule has 100 valence electrons. The molecule has 0 atom stereocenters. The molecule has 0 radical (unpaired) electrons. The van der Waals surface area contributed by atoms with Gasteiger partial charge in [0.05, 0.1) is 13.7 Å². The van der Waals surface area contributed by atoms with E-state index in [9.17, 15) is 4.79 Å². The molecule has 1 aromatic heterocycles. The number of hydrogen-bond acceptors (Lipinski definition) is 4.